The normalized spacial score (nSPS) is 26.7. The van der Waals surface area contributed by atoms with Crippen molar-refractivity contribution in [3.8, 4) is 11.5 Å². The molecule has 30 heavy (non-hydrogen) atoms. The number of para-hydroxylation sites is 2. The summed E-state index contributed by atoms with van der Waals surface area (Å²) >= 11 is 0. The zero-order valence-corrected chi connectivity index (χ0v) is 18.0. The van der Waals surface area contributed by atoms with E-state index in [9.17, 15) is 9.90 Å². The van der Waals surface area contributed by atoms with E-state index in [-0.39, 0.29) is 17.7 Å². The van der Waals surface area contributed by atoms with Gasteiger partial charge in [-0.2, -0.15) is 0 Å². The van der Waals surface area contributed by atoms with E-state index in [1.54, 1.807) is 14.2 Å². The van der Waals surface area contributed by atoms with Crippen LogP contribution in [-0.2, 0) is 10.4 Å². The molecule has 2 aromatic carbocycles. The Morgan fingerprint density at radius 1 is 1.07 bits per heavy atom. The Kier molecular flexibility index (Phi) is 5.74. The molecule has 1 aliphatic carbocycles. The van der Waals surface area contributed by atoms with Crippen molar-refractivity contribution in [1.82, 2.24) is 4.90 Å². The molecule has 0 spiro atoms. The highest BCUT2D eigenvalue weighted by Crippen LogP contribution is 2.50. The van der Waals surface area contributed by atoms with Crippen LogP contribution in [0.5, 0.6) is 11.5 Å². The third-order valence-electron chi connectivity index (χ3n) is 7.05. The Morgan fingerprint density at radius 2 is 1.73 bits per heavy atom. The first-order chi connectivity index (χ1) is 14.5. The molecule has 160 valence electrons. The minimum absolute atomic E-state index is 0.0105. The summed E-state index contributed by atoms with van der Waals surface area (Å²) in [4.78, 5) is 15.3. The second-order valence-corrected chi connectivity index (χ2v) is 8.59. The number of carbonyl (C=O) groups excluding carboxylic acids is 1. The van der Waals surface area contributed by atoms with Crippen LogP contribution in [0.1, 0.15) is 43.2 Å². The van der Waals surface area contributed by atoms with Crippen LogP contribution in [0.25, 0.3) is 0 Å². The summed E-state index contributed by atoms with van der Waals surface area (Å²) in [6.45, 7) is 3.20. The number of hydrogen-bond acceptors (Lipinski definition) is 4. The van der Waals surface area contributed by atoms with Gasteiger partial charge in [-0.25, -0.2) is 0 Å². The van der Waals surface area contributed by atoms with Crippen LogP contribution in [0.15, 0.2) is 48.5 Å². The van der Waals surface area contributed by atoms with Gasteiger partial charge in [0.05, 0.1) is 25.7 Å². The SMILES string of the molecule is COc1ccccc1[C@H](C)C(=O)N1C[C@H]2CCC[C@](O)(c3ccccc3OC)[C@H]2C1. The van der Waals surface area contributed by atoms with Crippen LogP contribution < -0.4 is 9.47 Å². The maximum atomic E-state index is 13.4. The van der Waals surface area contributed by atoms with Gasteiger partial charge in [-0.15, -0.1) is 0 Å². The van der Waals surface area contributed by atoms with Crippen LogP contribution >= 0.6 is 0 Å². The van der Waals surface area contributed by atoms with Gasteiger partial charge < -0.3 is 19.5 Å². The first-order valence-electron chi connectivity index (χ1n) is 10.8. The van der Waals surface area contributed by atoms with Crippen molar-refractivity contribution in [2.24, 2.45) is 11.8 Å². The average molecular weight is 410 g/mol. The van der Waals surface area contributed by atoms with E-state index in [1.807, 2.05) is 60.4 Å². The third-order valence-corrected chi connectivity index (χ3v) is 7.05. The Labute approximate surface area is 178 Å². The van der Waals surface area contributed by atoms with E-state index in [2.05, 4.69) is 0 Å². The zero-order valence-electron chi connectivity index (χ0n) is 18.0. The van der Waals surface area contributed by atoms with E-state index < -0.39 is 5.60 Å². The highest BCUT2D eigenvalue weighted by Gasteiger charge is 2.51. The lowest BCUT2D eigenvalue weighted by atomic mass is 9.67. The molecule has 0 aromatic heterocycles. The standard InChI is InChI=1S/C25H31NO4/c1-17(19-10-4-6-12-22(19)29-2)24(27)26-15-18-9-8-14-25(28,21(18)16-26)20-11-5-7-13-23(20)30-3/h4-7,10-13,17-18,21,28H,8-9,14-16H2,1-3H3/t17-,18+,21-,25-/m0/s1. The lowest BCUT2D eigenvalue weighted by Crippen LogP contribution is -2.43. The Balaban J connectivity index is 1.59. The van der Waals surface area contributed by atoms with E-state index in [0.717, 1.165) is 29.7 Å². The van der Waals surface area contributed by atoms with Crippen molar-refractivity contribution in [1.29, 1.82) is 0 Å². The first kappa shape index (κ1) is 20.7. The lowest BCUT2D eigenvalue weighted by Gasteiger charge is -2.42. The maximum absolute atomic E-state index is 13.4. The smallest absolute Gasteiger partial charge is 0.229 e. The van der Waals surface area contributed by atoms with Gasteiger partial charge in [0.2, 0.25) is 5.91 Å². The number of fused-ring (bicyclic) bond motifs is 1. The predicted molar refractivity (Wildman–Crippen MR) is 116 cm³/mol. The van der Waals surface area contributed by atoms with Crippen LogP contribution in [0.3, 0.4) is 0 Å². The number of amides is 1. The third kappa shape index (κ3) is 3.45. The first-order valence-corrected chi connectivity index (χ1v) is 10.8. The summed E-state index contributed by atoms with van der Waals surface area (Å²) in [6.07, 6.45) is 2.67. The van der Waals surface area contributed by atoms with Gasteiger partial charge in [0.25, 0.3) is 0 Å². The number of methoxy groups -OCH3 is 2. The number of benzene rings is 2. The molecule has 0 bridgehead atoms. The number of rotatable bonds is 5. The molecule has 2 aliphatic rings. The van der Waals surface area contributed by atoms with Crippen molar-refractivity contribution in [2.75, 3.05) is 27.3 Å². The lowest BCUT2D eigenvalue weighted by molar-refractivity contribution is -0.132. The second kappa shape index (κ2) is 8.31. The van der Waals surface area contributed by atoms with Crippen LogP contribution in [-0.4, -0.2) is 43.2 Å². The Bertz CT molecular complexity index is 914. The molecule has 0 unspecified atom stereocenters. The second-order valence-electron chi connectivity index (χ2n) is 8.59. The van der Waals surface area contributed by atoms with Gasteiger partial charge in [-0.05, 0) is 44.2 Å². The number of carbonyl (C=O) groups is 1. The molecule has 5 heteroatoms. The molecule has 1 aliphatic heterocycles. The topological polar surface area (TPSA) is 59.0 Å². The minimum atomic E-state index is -0.974. The summed E-state index contributed by atoms with van der Waals surface area (Å²) < 4.78 is 11.0. The van der Waals surface area contributed by atoms with Gasteiger partial charge in [-0.3, -0.25) is 4.79 Å². The average Bonchev–Trinajstić information content (AvgIpc) is 3.24. The van der Waals surface area contributed by atoms with Crippen molar-refractivity contribution >= 4 is 5.91 Å². The van der Waals surface area contributed by atoms with Crippen LogP contribution in [0, 0.1) is 11.8 Å². The molecule has 5 nitrogen and oxygen atoms in total. The predicted octanol–water partition coefficient (Wildman–Crippen LogP) is 3.95. The molecule has 4 rings (SSSR count). The molecule has 1 N–H and O–H groups in total. The van der Waals surface area contributed by atoms with Gasteiger partial charge in [0.15, 0.2) is 0 Å². The molecule has 0 radical (unpaired) electrons. The largest absolute Gasteiger partial charge is 0.496 e. The number of ether oxygens (including phenoxy) is 2. The molecular weight excluding hydrogens is 378 g/mol. The van der Waals surface area contributed by atoms with Gasteiger partial charge in [-0.1, -0.05) is 36.4 Å². The quantitative estimate of drug-likeness (QED) is 0.812. The summed E-state index contributed by atoms with van der Waals surface area (Å²) in [5, 5.41) is 11.8. The summed E-state index contributed by atoms with van der Waals surface area (Å²) in [5.41, 5.74) is 0.771. The molecule has 1 heterocycles. The van der Waals surface area contributed by atoms with E-state index in [0.29, 0.717) is 31.2 Å². The highest BCUT2D eigenvalue weighted by molar-refractivity contribution is 5.84. The number of nitrogens with zero attached hydrogens (tertiary/aromatic N) is 1. The molecule has 2 fully saturated rings. The van der Waals surface area contributed by atoms with Crippen molar-refractivity contribution in [2.45, 2.75) is 37.7 Å². The summed E-state index contributed by atoms with van der Waals surface area (Å²) in [6, 6.07) is 15.4. The van der Waals surface area contributed by atoms with Crippen molar-refractivity contribution < 1.29 is 19.4 Å². The summed E-state index contributed by atoms with van der Waals surface area (Å²) in [7, 11) is 3.27. The van der Waals surface area contributed by atoms with Gasteiger partial charge in [0.1, 0.15) is 11.5 Å². The van der Waals surface area contributed by atoms with Gasteiger partial charge >= 0.3 is 0 Å². The Morgan fingerprint density at radius 3 is 2.47 bits per heavy atom. The molecule has 1 amide bonds. The van der Waals surface area contributed by atoms with Crippen molar-refractivity contribution in [3.63, 3.8) is 0 Å². The molecule has 4 atom stereocenters. The van der Waals surface area contributed by atoms with E-state index in [1.165, 1.54) is 0 Å². The fourth-order valence-electron chi connectivity index (χ4n) is 5.47. The van der Waals surface area contributed by atoms with E-state index >= 15 is 0 Å². The minimum Gasteiger partial charge on any atom is -0.496 e. The molecular formula is C25H31NO4. The van der Waals surface area contributed by atoms with Crippen LogP contribution in [0.4, 0.5) is 0 Å². The molecule has 1 saturated heterocycles. The van der Waals surface area contributed by atoms with Crippen LogP contribution in [0.2, 0.25) is 0 Å². The number of hydrogen-bond donors (Lipinski definition) is 1. The number of aliphatic hydroxyl groups is 1. The maximum Gasteiger partial charge on any atom is 0.229 e. The van der Waals surface area contributed by atoms with E-state index in [4.69, 9.17) is 9.47 Å². The summed E-state index contributed by atoms with van der Waals surface area (Å²) in [5.74, 6) is 1.56. The zero-order chi connectivity index (χ0) is 21.3. The fraction of sp³-hybridized carbons (Fsp3) is 0.480. The van der Waals surface area contributed by atoms with Gasteiger partial charge in [0, 0.05) is 30.1 Å². The Hall–Kier alpha value is -2.53. The molecule has 1 saturated carbocycles. The monoisotopic (exact) mass is 409 g/mol. The molecule has 2 aromatic rings. The highest BCUT2D eigenvalue weighted by atomic mass is 16.5. The fourth-order valence-corrected chi connectivity index (χ4v) is 5.47. The van der Waals surface area contributed by atoms with Crippen molar-refractivity contribution in [3.05, 3.63) is 59.7 Å². The number of likely N-dealkylation sites (tertiary alicyclic amines) is 1.